The van der Waals surface area contributed by atoms with Crippen LogP contribution in [0.3, 0.4) is 0 Å². The topological polar surface area (TPSA) is 47.3 Å². The SMILES string of the molecule is COc1ccccc1CC(NN)c1cc(C)c(C)s1. The zero-order valence-electron chi connectivity index (χ0n) is 11.6. The second-order valence-electron chi connectivity index (χ2n) is 4.62. The molecule has 2 rings (SSSR count). The number of hydrogen-bond acceptors (Lipinski definition) is 4. The van der Waals surface area contributed by atoms with E-state index in [0.29, 0.717) is 0 Å². The third-order valence-corrected chi connectivity index (χ3v) is 4.61. The molecule has 0 bridgehead atoms. The first-order valence-corrected chi connectivity index (χ1v) is 7.12. The summed E-state index contributed by atoms with van der Waals surface area (Å²) in [7, 11) is 1.70. The predicted octanol–water partition coefficient (Wildman–Crippen LogP) is 3.12. The molecule has 0 radical (unpaired) electrons. The molecular weight excluding hydrogens is 256 g/mol. The van der Waals surface area contributed by atoms with Crippen LogP contribution in [0.1, 0.15) is 26.9 Å². The summed E-state index contributed by atoms with van der Waals surface area (Å²) in [6.45, 7) is 4.27. The van der Waals surface area contributed by atoms with Gasteiger partial charge in [-0.2, -0.15) is 0 Å². The molecule has 102 valence electrons. The van der Waals surface area contributed by atoms with Gasteiger partial charge in [-0.3, -0.25) is 11.3 Å². The van der Waals surface area contributed by atoms with Gasteiger partial charge in [0.2, 0.25) is 0 Å². The van der Waals surface area contributed by atoms with Gasteiger partial charge in [0.05, 0.1) is 13.2 Å². The minimum atomic E-state index is 0.119. The molecule has 0 amide bonds. The number of benzene rings is 1. The summed E-state index contributed by atoms with van der Waals surface area (Å²) >= 11 is 1.80. The van der Waals surface area contributed by atoms with Gasteiger partial charge in [-0.15, -0.1) is 11.3 Å². The fourth-order valence-electron chi connectivity index (χ4n) is 2.11. The maximum atomic E-state index is 5.72. The van der Waals surface area contributed by atoms with Crippen molar-refractivity contribution >= 4 is 11.3 Å². The molecule has 0 saturated heterocycles. The number of para-hydroxylation sites is 1. The number of ether oxygens (including phenoxy) is 1. The van der Waals surface area contributed by atoms with Crippen molar-refractivity contribution in [1.29, 1.82) is 0 Å². The highest BCUT2D eigenvalue weighted by Gasteiger charge is 2.16. The summed E-state index contributed by atoms with van der Waals surface area (Å²) in [5, 5.41) is 0. The molecule has 19 heavy (non-hydrogen) atoms. The lowest BCUT2D eigenvalue weighted by Crippen LogP contribution is -2.29. The predicted molar refractivity (Wildman–Crippen MR) is 80.6 cm³/mol. The molecule has 4 heteroatoms. The van der Waals surface area contributed by atoms with Gasteiger partial charge >= 0.3 is 0 Å². The second-order valence-corrected chi connectivity index (χ2v) is 5.91. The van der Waals surface area contributed by atoms with Crippen LogP contribution >= 0.6 is 11.3 Å². The van der Waals surface area contributed by atoms with E-state index in [1.165, 1.54) is 15.3 Å². The summed E-state index contributed by atoms with van der Waals surface area (Å²) in [5.41, 5.74) is 5.40. The van der Waals surface area contributed by atoms with Crippen LogP contribution in [0.5, 0.6) is 5.75 Å². The molecule has 0 spiro atoms. The second kappa shape index (κ2) is 6.19. The average molecular weight is 276 g/mol. The molecule has 0 aliphatic carbocycles. The first-order valence-electron chi connectivity index (χ1n) is 6.30. The molecule has 0 aliphatic heterocycles. The molecule has 1 unspecified atom stereocenters. The van der Waals surface area contributed by atoms with Crippen molar-refractivity contribution < 1.29 is 4.74 Å². The van der Waals surface area contributed by atoms with Crippen molar-refractivity contribution in [3.63, 3.8) is 0 Å². The first kappa shape index (κ1) is 14.1. The van der Waals surface area contributed by atoms with Crippen LogP contribution in [0.2, 0.25) is 0 Å². The number of hydrazine groups is 1. The maximum absolute atomic E-state index is 5.72. The first-order chi connectivity index (χ1) is 9.15. The summed E-state index contributed by atoms with van der Waals surface area (Å²) in [6.07, 6.45) is 0.819. The summed E-state index contributed by atoms with van der Waals surface area (Å²) in [4.78, 5) is 2.61. The largest absolute Gasteiger partial charge is 0.496 e. The molecule has 1 heterocycles. The van der Waals surface area contributed by atoms with E-state index in [9.17, 15) is 0 Å². The normalized spacial score (nSPS) is 12.4. The van der Waals surface area contributed by atoms with Crippen molar-refractivity contribution in [3.05, 3.63) is 51.2 Å². The van der Waals surface area contributed by atoms with Crippen molar-refractivity contribution in [2.75, 3.05) is 7.11 Å². The van der Waals surface area contributed by atoms with Gasteiger partial charge < -0.3 is 4.74 Å². The molecule has 1 atom stereocenters. The van der Waals surface area contributed by atoms with Crippen LogP contribution in [0, 0.1) is 13.8 Å². The highest BCUT2D eigenvalue weighted by Crippen LogP contribution is 2.30. The fraction of sp³-hybridized carbons (Fsp3) is 0.333. The number of rotatable bonds is 5. The van der Waals surface area contributed by atoms with Crippen molar-refractivity contribution in [2.45, 2.75) is 26.3 Å². The summed E-state index contributed by atoms with van der Waals surface area (Å²) < 4.78 is 5.39. The number of nitrogens with one attached hydrogen (secondary N) is 1. The third-order valence-electron chi connectivity index (χ3n) is 3.35. The molecule has 3 N–H and O–H groups in total. The van der Waals surface area contributed by atoms with Crippen LogP contribution in [0.15, 0.2) is 30.3 Å². The van der Waals surface area contributed by atoms with Gasteiger partial charge in [0.25, 0.3) is 0 Å². The average Bonchev–Trinajstić information content (AvgIpc) is 2.76. The standard InChI is InChI=1S/C15H20N2OS/c1-10-8-15(19-11(10)2)13(17-16)9-12-6-4-5-7-14(12)18-3/h4-8,13,17H,9,16H2,1-3H3. The van der Waals surface area contributed by atoms with E-state index in [-0.39, 0.29) is 6.04 Å². The summed E-state index contributed by atoms with van der Waals surface area (Å²) in [5.74, 6) is 6.63. The third kappa shape index (κ3) is 3.15. The maximum Gasteiger partial charge on any atom is 0.122 e. The molecule has 2 aromatic rings. The minimum absolute atomic E-state index is 0.119. The Morgan fingerprint density at radius 1 is 1.32 bits per heavy atom. The van der Waals surface area contributed by atoms with E-state index in [1.54, 1.807) is 18.4 Å². The lowest BCUT2D eigenvalue weighted by atomic mass is 10.0. The molecule has 0 aliphatic rings. The number of nitrogens with two attached hydrogens (primary N) is 1. The van der Waals surface area contributed by atoms with Crippen molar-refractivity contribution in [1.82, 2.24) is 5.43 Å². The Morgan fingerprint density at radius 3 is 2.63 bits per heavy atom. The Balaban J connectivity index is 2.23. The van der Waals surface area contributed by atoms with E-state index < -0.39 is 0 Å². The zero-order valence-corrected chi connectivity index (χ0v) is 12.4. The Morgan fingerprint density at radius 2 is 2.05 bits per heavy atom. The van der Waals surface area contributed by atoms with Gasteiger partial charge in [0.1, 0.15) is 5.75 Å². The highest BCUT2D eigenvalue weighted by atomic mass is 32.1. The number of thiophene rings is 1. The van der Waals surface area contributed by atoms with Gasteiger partial charge in [-0.05, 0) is 43.5 Å². The van der Waals surface area contributed by atoms with Gasteiger partial charge in [-0.25, -0.2) is 0 Å². The fourth-order valence-corrected chi connectivity index (χ4v) is 3.21. The molecule has 1 aromatic heterocycles. The van der Waals surface area contributed by atoms with Crippen LogP contribution < -0.4 is 16.0 Å². The van der Waals surface area contributed by atoms with E-state index >= 15 is 0 Å². The smallest absolute Gasteiger partial charge is 0.122 e. The van der Waals surface area contributed by atoms with E-state index in [2.05, 4.69) is 31.4 Å². The van der Waals surface area contributed by atoms with Crippen molar-refractivity contribution in [3.8, 4) is 5.75 Å². The number of methoxy groups -OCH3 is 1. The van der Waals surface area contributed by atoms with Crippen LogP contribution in [-0.2, 0) is 6.42 Å². The van der Waals surface area contributed by atoms with Crippen LogP contribution in [0.25, 0.3) is 0 Å². The van der Waals surface area contributed by atoms with Crippen LogP contribution in [0.4, 0.5) is 0 Å². The lowest BCUT2D eigenvalue weighted by Gasteiger charge is -2.16. The molecular formula is C15H20N2OS. The van der Waals surface area contributed by atoms with Crippen molar-refractivity contribution in [2.24, 2.45) is 5.84 Å². The minimum Gasteiger partial charge on any atom is -0.496 e. The number of aryl methyl sites for hydroxylation is 2. The Kier molecular flexibility index (Phi) is 4.58. The molecule has 0 saturated carbocycles. The number of hydrogen-bond donors (Lipinski definition) is 2. The monoisotopic (exact) mass is 276 g/mol. The Hall–Kier alpha value is -1.36. The molecule has 1 aromatic carbocycles. The van der Waals surface area contributed by atoms with Gasteiger partial charge in [0, 0.05) is 9.75 Å². The highest BCUT2D eigenvalue weighted by molar-refractivity contribution is 7.12. The quantitative estimate of drug-likeness (QED) is 0.651. The van der Waals surface area contributed by atoms with Gasteiger partial charge in [0.15, 0.2) is 0 Å². The molecule has 0 fully saturated rings. The Labute approximate surface area is 118 Å². The molecule has 3 nitrogen and oxygen atoms in total. The summed E-state index contributed by atoms with van der Waals surface area (Å²) in [6, 6.07) is 10.4. The van der Waals surface area contributed by atoms with E-state index in [4.69, 9.17) is 10.6 Å². The lowest BCUT2D eigenvalue weighted by molar-refractivity contribution is 0.406. The van der Waals surface area contributed by atoms with Crippen LogP contribution in [-0.4, -0.2) is 7.11 Å². The van der Waals surface area contributed by atoms with E-state index in [1.807, 2.05) is 18.2 Å². The Bertz CT molecular complexity index is 531. The van der Waals surface area contributed by atoms with Gasteiger partial charge in [-0.1, -0.05) is 18.2 Å². The zero-order chi connectivity index (χ0) is 13.8. The van der Waals surface area contributed by atoms with E-state index in [0.717, 1.165) is 17.7 Å².